The molecule has 0 saturated heterocycles. The molecule has 0 unspecified atom stereocenters. The molecule has 0 fully saturated rings. The molecular weight excluding hydrogens is 66.9 g/mol. The third kappa shape index (κ3) is 767. The third-order valence-electron chi connectivity index (χ3n) is 0. The molecule has 0 aliphatic heterocycles. The van der Waals surface area contributed by atoms with Gasteiger partial charge in [0.1, 0.15) is 0 Å². The summed E-state index contributed by atoms with van der Waals surface area (Å²) < 4.78 is 0. The molecule has 3 nitrogen and oxygen atoms in total. The molecule has 0 radical (unpaired) electrons. The molecule has 0 aromatic heterocycles. The van der Waals surface area contributed by atoms with Crippen molar-refractivity contribution < 1.29 is 33.9 Å². The van der Waals surface area contributed by atoms with Gasteiger partial charge in [-0.25, -0.2) is 4.79 Å². The van der Waals surface area contributed by atoms with Crippen molar-refractivity contribution in [2.75, 3.05) is 0 Å². The molecule has 0 saturated carbocycles. The Morgan fingerprint density at radius 1 is 1.40 bits per heavy atom. The Kier molecular flexibility index (Phi) is 6.85. The first kappa shape index (κ1) is 8.85. The Hall–Kier alpha value is -0.133. The van der Waals surface area contributed by atoms with E-state index in [1.54, 1.807) is 0 Å². The van der Waals surface area contributed by atoms with E-state index >= 15 is 0 Å². The SMILES string of the molecule is O=C(O)O.[Li+]. The van der Waals surface area contributed by atoms with Gasteiger partial charge in [0.05, 0.1) is 0 Å². The molecule has 0 aromatic rings. The first-order chi connectivity index (χ1) is 1.73. The summed E-state index contributed by atoms with van der Waals surface area (Å²) in [5.41, 5.74) is 0. The molecule has 0 atom stereocenters. The first-order valence-corrected chi connectivity index (χ1v) is 0.651. The molecule has 0 bridgehead atoms. The van der Waals surface area contributed by atoms with Crippen molar-refractivity contribution in [2.24, 2.45) is 0 Å². The van der Waals surface area contributed by atoms with E-state index in [9.17, 15) is 0 Å². The van der Waals surface area contributed by atoms with Crippen LogP contribution in [0.25, 0.3) is 0 Å². The topological polar surface area (TPSA) is 57.5 Å². The van der Waals surface area contributed by atoms with Gasteiger partial charge in [-0.05, 0) is 0 Å². The Balaban J connectivity index is 0. The van der Waals surface area contributed by atoms with Gasteiger partial charge in [0.2, 0.25) is 0 Å². The maximum absolute atomic E-state index is 8.56. The average molecular weight is 69.0 g/mol. The molecule has 0 heterocycles. The molecular formula is CH2LiO3+. The molecule has 5 heavy (non-hydrogen) atoms. The van der Waals surface area contributed by atoms with Crippen LogP contribution in [-0.4, -0.2) is 16.4 Å². The largest absolute Gasteiger partial charge is 1.00 e. The average Bonchev–Trinajstić information content (AvgIpc) is 0.811. The minimum Gasteiger partial charge on any atom is -0.450 e. The summed E-state index contributed by atoms with van der Waals surface area (Å²) in [7, 11) is 0. The molecule has 0 aromatic carbocycles. The van der Waals surface area contributed by atoms with Crippen molar-refractivity contribution in [3.63, 3.8) is 0 Å². The van der Waals surface area contributed by atoms with Gasteiger partial charge in [0, 0.05) is 0 Å². The van der Waals surface area contributed by atoms with E-state index in [-0.39, 0.29) is 18.9 Å². The predicted molar refractivity (Wildman–Crippen MR) is 10.7 cm³/mol. The zero-order valence-corrected chi connectivity index (χ0v) is 2.80. The van der Waals surface area contributed by atoms with Gasteiger partial charge < -0.3 is 10.2 Å². The Morgan fingerprint density at radius 2 is 1.40 bits per heavy atom. The number of hydrogen-bond donors (Lipinski definition) is 2. The summed E-state index contributed by atoms with van der Waals surface area (Å²) in [5.74, 6) is 0. The van der Waals surface area contributed by atoms with Crippen molar-refractivity contribution >= 4 is 6.16 Å². The minimum absolute atomic E-state index is 0. The first-order valence-electron chi connectivity index (χ1n) is 0.651. The number of carboxylic acid groups (broad SMARTS) is 2. The fourth-order valence-electron chi connectivity index (χ4n) is 0. The van der Waals surface area contributed by atoms with Crippen LogP contribution in [-0.2, 0) is 0 Å². The molecule has 0 aliphatic carbocycles. The van der Waals surface area contributed by atoms with Crippen LogP contribution in [0.5, 0.6) is 0 Å². The summed E-state index contributed by atoms with van der Waals surface area (Å²) >= 11 is 0. The normalized spacial score (nSPS) is 4.80. The molecule has 0 amide bonds. The predicted octanol–water partition coefficient (Wildman–Crippen LogP) is -2.77. The van der Waals surface area contributed by atoms with E-state index < -0.39 is 6.16 Å². The molecule has 2 N–H and O–H groups in total. The molecule has 0 rings (SSSR count). The number of hydrogen-bond acceptors (Lipinski definition) is 1. The molecule has 24 valence electrons. The van der Waals surface area contributed by atoms with Crippen molar-refractivity contribution in [1.29, 1.82) is 0 Å². The van der Waals surface area contributed by atoms with Crippen molar-refractivity contribution in [3.05, 3.63) is 0 Å². The Labute approximate surface area is 40.8 Å². The van der Waals surface area contributed by atoms with Crippen LogP contribution in [0.15, 0.2) is 0 Å². The van der Waals surface area contributed by atoms with Gasteiger partial charge in [-0.15, -0.1) is 0 Å². The van der Waals surface area contributed by atoms with E-state index in [1.807, 2.05) is 0 Å². The second kappa shape index (κ2) is 3.87. The van der Waals surface area contributed by atoms with Crippen LogP contribution < -0.4 is 18.9 Å². The van der Waals surface area contributed by atoms with E-state index in [0.717, 1.165) is 0 Å². The van der Waals surface area contributed by atoms with Crippen LogP contribution in [0.2, 0.25) is 0 Å². The second-order valence-electron chi connectivity index (χ2n) is 0.283. The van der Waals surface area contributed by atoms with Crippen molar-refractivity contribution in [3.8, 4) is 0 Å². The summed E-state index contributed by atoms with van der Waals surface area (Å²) in [6.45, 7) is 0. The minimum atomic E-state index is -1.83. The summed E-state index contributed by atoms with van der Waals surface area (Å²) in [6.07, 6.45) is -1.83. The second-order valence-corrected chi connectivity index (χ2v) is 0.283. The maximum Gasteiger partial charge on any atom is 1.00 e. The van der Waals surface area contributed by atoms with E-state index in [1.165, 1.54) is 0 Å². The maximum atomic E-state index is 8.56. The van der Waals surface area contributed by atoms with Crippen molar-refractivity contribution in [1.82, 2.24) is 0 Å². The Morgan fingerprint density at radius 3 is 1.40 bits per heavy atom. The van der Waals surface area contributed by atoms with Crippen molar-refractivity contribution in [2.45, 2.75) is 0 Å². The van der Waals surface area contributed by atoms with Gasteiger partial charge in [0.15, 0.2) is 0 Å². The quantitative estimate of drug-likeness (QED) is 0.303. The van der Waals surface area contributed by atoms with Gasteiger partial charge in [-0.1, -0.05) is 0 Å². The summed E-state index contributed by atoms with van der Waals surface area (Å²) in [4.78, 5) is 8.56. The Bertz CT molecular complexity index is 29.9. The standard InChI is InChI=1S/CH2O3.Li/c2-1(3)4;/h(H2,2,3,4);/q;+1. The third-order valence-corrected chi connectivity index (χ3v) is 0. The van der Waals surface area contributed by atoms with Crippen LogP contribution in [0.3, 0.4) is 0 Å². The monoisotopic (exact) mass is 69.0 g/mol. The molecule has 0 spiro atoms. The van der Waals surface area contributed by atoms with E-state index in [0.29, 0.717) is 0 Å². The molecule has 0 aliphatic rings. The zero-order valence-electron chi connectivity index (χ0n) is 2.80. The van der Waals surface area contributed by atoms with Gasteiger partial charge in [0.25, 0.3) is 0 Å². The summed E-state index contributed by atoms with van der Waals surface area (Å²) in [6, 6.07) is 0. The van der Waals surface area contributed by atoms with Crippen LogP contribution in [0.1, 0.15) is 0 Å². The fraction of sp³-hybridized carbons (Fsp3) is 0. The number of rotatable bonds is 0. The fourth-order valence-corrected chi connectivity index (χ4v) is 0. The van der Waals surface area contributed by atoms with Gasteiger partial charge >= 0.3 is 25.0 Å². The smallest absolute Gasteiger partial charge is 0.450 e. The van der Waals surface area contributed by atoms with Crippen LogP contribution in [0.4, 0.5) is 4.79 Å². The van der Waals surface area contributed by atoms with E-state index in [2.05, 4.69) is 0 Å². The summed E-state index contributed by atoms with van der Waals surface area (Å²) in [5, 5.41) is 13.9. The zero-order chi connectivity index (χ0) is 3.58. The molecule has 4 heteroatoms. The van der Waals surface area contributed by atoms with E-state index in [4.69, 9.17) is 15.0 Å². The van der Waals surface area contributed by atoms with Crippen LogP contribution in [0, 0.1) is 0 Å². The van der Waals surface area contributed by atoms with Crippen LogP contribution >= 0.6 is 0 Å². The van der Waals surface area contributed by atoms with Gasteiger partial charge in [-0.3, -0.25) is 0 Å². The van der Waals surface area contributed by atoms with Gasteiger partial charge in [-0.2, -0.15) is 0 Å². The number of carbonyl (C=O) groups is 1.